The van der Waals surface area contributed by atoms with Crippen molar-refractivity contribution in [1.82, 2.24) is 10.2 Å². The van der Waals surface area contributed by atoms with Crippen LogP contribution in [0.4, 0.5) is 10.5 Å². The van der Waals surface area contributed by atoms with Crippen molar-refractivity contribution >= 4 is 23.5 Å². The minimum atomic E-state index is -0.346. The van der Waals surface area contributed by atoms with E-state index in [1.54, 1.807) is 0 Å². The third kappa shape index (κ3) is 5.91. The van der Waals surface area contributed by atoms with Crippen molar-refractivity contribution in [3.8, 4) is 0 Å². The van der Waals surface area contributed by atoms with Crippen LogP contribution in [0.5, 0.6) is 0 Å². The van der Waals surface area contributed by atoms with Crippen LogP contribution in [0.25, 0.3) is 0 Å². The molecule has 0 bridgehead atoms. The molecule has 1 fully saturated rings. The second-order valence-corrected chi connectivity index (χ2v) is 7.05. The number of ether oxygens (including phenoxy) is 1. The summed E-state index contributed by atoms with van der Waals surface area (Å²) in [6, 6.07) is 8.75. The first-order valence-corrected chi connectivity index (χ1v) is 9.74. The first kappa shape index (κ1) is 18.9. The maximum Gasteiger partial charge on any atom is 0.406 e. The van der Waals surface area contributed by atoms with Crippen molar-refractivity contribution in [2.75, 3.05) is 57.0 Å². The highest BCUT2D eigenvalue weighted by atomic mass is 32.2. The number of hydrogen-bond acceptors (Lipinski definition) is 5. The van der Waals surface area contributed by atoms with Gasteiger partial charge in [0.1, 0.15) is 0 Å². The molecule has 0 aliphatic carbocycles. The molecule has 1 saturated heterocycles. The van der Waals surface area contributed by atoms with Gasteiger partial charge in [0.15, 0.2) is 0 Å². The van der Waals surface area contributed by atoms with Crippen LogP contribution < -0.4 is 10.2 Å². The van der Waals surface area contributed by atoms with E-state index < -0.39 is 0 Å². The number of hydrogen-bond donors (Lipinski definition) is 1. The number of alkyl carbamates (subject to hydrolysis) is 1. The summed E-state index contributed by atoms with van der Waals surface area (Å²) in [6.07, 6.45) is 1.81. The first-order valence-electron chi connectivity index (χ1n) is 8.75. The molecule has 1 aliphatic heterocycles. The number of rotatable bonds is 8. The Balaban J connectivity index is 1.75. The largest absolute Gasteiger partial charge is 0.453 e. The van der Waals surface area contributed by atoms with Crippen LogP contribution >= 0.6 is 11.8 Å². The van der Waals surface area contributed by atoms with Gasteiger partial charge in [-0.15, -0.1) is 11.8 Å². The third-order valence-corrected chi connectivity index (χ3v) is 5.41. The second kappa shape index (κ2) is 10.5. The third-order valence-electron chi connectivity index (χ3n) is 4.15. The average molecular weight is 352 g/mol. The molecule has 5 nitrogen and oxygen atoms in total. The van der Waals surface area contributed by atoms with E-state index in [2.05, 4.69) is 51.0 Å². The van der Waals surface area contributed by atoms with Crippen LogP contribution in [0, 0.1) is 0 Å². The number of nitrogens with one attached hydrogen (secondary N) is 1. The summed E-state index contributed by atoms with van der Waals surface area (Å²) in [6.45, 7) is 8.19. The fraction of sp³-hybridized carbons (Fsp3) is 0.611. The summed E-state index contributed by atoms with van der Waals surface area (Å²) >= 11 is 1.96. The zero-order valence-electron chi connectivity index (χ0n) is 14.8. The SMILES string of the molecule is CCCSc1ccccc1N1CCN(CCCNC(=O)OC)CC1. The molecule has 6 heteroatoms. The van der Waals surface area contributed by atoms with Crippen molar-refractivity contribution in [3.05, 3.63) is 24.3 Å². The van der Waals surface area contributed by atoms with Gasteiger partial charge < -0.3 is 15.0 Å². The molecule has 0 aromatic heterocycles. The Morgan fingerprint density at radius 2 is 2.00 bits per heavy atom. The molecule has 0 spiro atoms. The lowest BCUT2D eigenvalue weighted by Gasteiger charge is -2.37. The van der Waals surface area contributed by atoms with Gasteiger partial charge in [0.2, 0.25) is 0 Å². The Labute approximate surface area is 149 Å². The number of benzene rings is 1. The van der Waals surface area contributed by atoms with Gasteiger partial charge in [0.05, 0.1) is 12.8 Å². The lowest BCUT2D eigenvalue weighted by Crippen LogP contribution is -2.47. The number of nitrogens with zero attached hydrogens (tertiary/aromatic N) is 2. The number of anilines is 1. The highest BCUT2D eigenvalue weighted by molar-refractivity contribution is 7.99. The van der Waals surface area contributed by atoms with E-state index in [0.717, 1.165) is 39.1 Å². The number of amides is 1. The van der Waals surface area contributed by atoms with Gasteiger partial charge in [0.25, 0.3) is 0 Å². The number of carbonyl (C=O) groups excluding carboxylic acids is 1. The van der Waals surface area contributed by atoms with Crippen molar-refractivity contribution in [1.29, 1.82) is 0 Å². The normalized spacial score (nSPS) is 15.3. The molecule has 0 saturated carbocycles. The van der Waals surface area contributed by atoms with Crippen LogP contribution in [0.2, 0.25) is 0 Å². The van der Waals surface area contributed by atoms with Gasteiger partial charge >= 0.3 is 6.09 Å². The predicted molar refractivity (Wildman–Crippen MR) is 101 cm³/mol. The highest BCUT2D eigenvalue weighted by Crippen LogP contribution is 2.31. The summed E-state index contributed by atoms with van der Waals surface area (Å²) in [5, 5.41) is 2.73. The average Bonchev–Trinajstić information content (AvgIpc) is 2.64. The summed E-state index contributed by atoms with van der Waals surface area (Å²) in [5.74, 6) is 1.17. The van der Waals surface area contributed by atoms with E-state index in [-0.39, 0.29) is 6.09 Å². The minimum Gasteiger partial charge on any atom is -0.453 e. The molecular formula is C18H29N3O2S. The number of thioether (sulfide) groups is 1. The summed E-state index contributed by atoms with van der Waals surface area (Å²) in [4.78, 5) is 17.4. The molecule has 1 N–H and O–H groups in total. The molecule has 1 aromatic rings. The van der Waals surface area contributed by atoms with Gasteiger partial charge in [-0.1, -0.05) is 19.1 Å². The molecule has 134 valence electrons. The van der Waals surface area contributed by atoms with Crippen molar-refractivity contribution < 1.29 is 9.53 Å². The molecule has 0 atom stereocenters. The Morgan fingerprint density at radius 1 is 1.25 bits per heavy atom. The van der Waals surface area contributed by atoms with Gasteiger partial charge in [-0.2, -0.15) is 0 Å². The quantitative estimate of drug-likeness (QED) is 0.576. The van der Waals surface area contributed by atoms with Gasteiger partial charge in [0, 0.05) is 37.6 Å². The van der Waals surface area contributed by atoms with Crippen molar-refractivity contribution in [2.24, 2.45) is 0 Å². The van der Waals surface area contributed by atoms with E-state index >= 15 is 0 Å². The summed E-state index contributed by atoms with van der Waals surface area (Å²) in [5.41, 5.74) is 1.38. The number of carbonyl (C=O) groups is 1. The lowest BCUT2D eigenvalue weighted by molar-refractivity contribution is 0.170. The zero-order chi connectivity index (χ0) is 17.2. The van der Waals surface area contributed by atoms with Gasteiger partial charge in [-0.25, -0.2) is 4.79 Å². The molecule has 0 unspecified atom stereocenters. The standard InChI is InChI=1S/C18H29N3O2S/c1-3-15-24-17-8-5-4-7-16(17)21-13-11-20(12-14-21)10-6-9-19-18(22)23-2/h4-5,7-8H,3,6,9-15H2,1-2H3,(H,19,22). The number of piperazine rings is 1. The maximum absolute atomic E-state index is 11.0. The van der Waals surface area contributed by atoms with Crippen molar-refractivity contribution in [2.45, 2.75) is 24.7 Å². The topological polar surface area (TPSA) is 44.8 Å². The highest BCUT2D eigenvalue weighted by Gasteiger charge is 2.18. The minimum absolute atomic E-state index is 0.346. The maximum atomic E-state index is 11.0. The first-order chi connectivity index (χ1) is 11.7. The van der Waals surface area contributed by atoms with Crippen LogP contribution in [-0.2, 0) is 4.74 Å². The molecule has 1 aromatic carbocycles. The fourth-order valence-corrected chi connectivity index (χ4v) is 3.77. The second-order valence-electron chi connectivity index (χ2n) is 5.92. The van der Waals surface area contributed by atoms with Crippen LogP contribution in [-0.4, -0.2) is 63.1 Å². The van der Waals surface area contributed by atoms with Gasteiger partial charge in [-0.3, -0.25) is 4.90 Å². The molecule has 2 rings (SSSR count). The van der Waals surface area contributed by atoms with Crippen molar-refractivity contribution in [3.63, 3.8) is 0 Å². The van der Waals surface area contributed by atoms with Crippen LogP contribution in [0.15, 0.2) is 29.2 Å². The number of para-hydroxylation sites is 1. The molecule has 1 aliphatic rings. The Kier molecular flexibility index (Phi) is 8.25. The summed E-state index contributed by atoms with van der Waals surface area (Å²) < 4.78 is 4.57. The monoisotopic (exact) mass is 351 g/mol. The van der Waals surface area contributed by atoms with Crippen LogP contribution in [0.1, 0.15) is 19.8 Å². The molecule has 0 radical (unpaired) electrons. The van der Waals surface area contributed by atoms with E-state index in [1.807, 2.05) is 11.8 Å². The van der Waals surface area contributed by atoms with E-state index in [9.17, 15) is 4.79 Å². The molecule has 24 heavy (non-hydrogen) atoms. The van der Waals surface area contributed by atoms with E-state index in [4.69, 9.17) is 0 Å². The van der Waals surface area contributed by atoms with Crippen LogP contribution in [0.3, 0.4) is 0 Å². The molecular weight excluding hydrogens is 322 g/mol. The van der Waals surface area contributed by atoms with Gasteiger partial charge in [-0.05, 0) is 37.3 Å². The Morgan fingerprint density at radius 3 is 2.71 bits per heavy atom. The zero-order valence-corrected chi connectivity index (χ0v) is 15.6. The number of methoxy groups -OCH3 is 1. The molecule has 1 amide bonds. The Hall–Kier alpha value is -1.40. The molecule has 1 heterocycles. The van der Waals surface area contributed by atoms with E-state index in [1.165, 1.54) is 29.9 Å². The summed E-state index contributed by atoms with van der Waals surface area (Å²) in [7, 11) is 1.39. The van der Waals surface area contributed by atoms with E-state index in [0.29, 0.717) is 6.54 Å². The Bertz CT molecular complexity index is 505. The smallest absolute Gasteiger partial charge is 0.406 e. The fourth-order valence-electron chi connectivity index (χ4n) is 2.83. The lowest BCUT2D eigenvalue weighted by atomic mass is 10.2. The predicted octanol–water partition coefficient (Wildman–Crippen LogP) is 3.06.